The van der Waals surface area contributed by atoms with Crippen LogP contribution in [-0.2, 0) is 0 Å². The van der Waals surface area contributed by atoms with Crippen LogP contribution in [0.3, 0.4) is 0 Å². The van der Waals surface area contributed by atoms with Gasteiger partial charge in [-0.05, 0) is 32.1 Å². The second-order valence-corrected chi connectivity index (χ2v) is 4.55. The topological polar surface area (TPSA) is 20.2 Å². The van der Waals surface area contributed by atoms with Gasteiger partial charge >= 0.3 is 0 Å². The van der Waals surface area contributed by atoms with Crippen molar-refractivity contribution in [3.8, 4) is 0 Å². The van der Waals surface area contributed by atoms with Gasteiger partial charge in [0.1, 0.15) is 12.6 Å². The summed E-state index contributed by atoms with van der Waals surface area (Å²) < 4.78 is 1.24. The molecule has 2 aliphatic heterocycles. The first-order valence-electron chi connectivity index (χ1n) is 5.34. The first-order chi connectivity index (χ1) is 5.81. The van der Waals surface area contributed by atoms with E-state index < -0.39 is 0 Å². The largest absolute Gasteiger partial charge is 0.387 e. The fraction of sp³-hybridized carbons (Fsp3) is 1.00. The van der Waals surface area contributed by atoms with E-state index >= 15 is 0 Å². The first kappa shape index (κ1) is 8.52. The second kappa shape index (κ2) is 3.35. The average molecular weight is 170 g/mol. The lowest BCUT2D eigenvalue weighted by atomic mass is 9.99. The molecule has 0 aromatic rings. The molecule has 0 saturated carbocycles. The van der Waals surface area contributed by atoms with Crippen molar-refractivity contribution in [1.82, 2.24) is 0 Å². The van der Waals surface area contributed by atoms with Gasteiger partial charge < -0.3 is 9.59 Å². The smallest absolute Gasteiger partial charge is 0.105 e. The summed E-state index contributed by atoms with van der Waals surface area (Å²) in [5.41, 5.74) is 0. The molecule has 0 aromatic carbocycles. The summed E-state index contributed by atoms with van der Waals surface area (Å²) in [6.45, 7) is 5.03. The Balaban J connectivity index is 1.97. The SMILES string of the molecule is OC1CCC[N+]2(CCCCC2)C1. The Hall–Kier alpha value is -0.0800. The van der Waals surface area contributed by atoms with Crippen LogP contribution in [0, 0.1) is 0 Å². The van der Waals surface area contributed by atoms with E-state index in [0.717, 1.165) is 13.0 Å². The Morgan fingerprint density at radius 3 is 2.25 bits per heavy atom. The first-order valence-corrected chi connectivity index (χ1v) is 5.34. The van der Waals surface area contributed by atoms with Crippen molar-refractivity contribution < 1.29 is 9.59 Å². The maximum atomic E-state index is 9.61. The number of hydrogen-bond donors (Lipinski definition) is 1. The van der Waals surface area contributed by atoms with E-state index in [1.54, 1.807) is 0 Å². The third-order valence-electron chi connectivity index (χ3n) is 3.53. The predicted molar refractivity (Wildman–Crippen MR) is 48.8 cm³/mol. The van der Waals surface area contributed by atoms with Crippen LogP contribution in [0.15, 0.2) is 0 Å². The minimum Gasteiger partial charge on any atom is -0.387 e. The molecule has 0 bridgehead atoms. The lowest BCUT2D eigenvalue weighted by Crippen LogP contribution is -2.58. The molecule has 0 radical (unpaired) electrons. The van der Waals surface area contributed by atoms with Crippen LogP contribution in [0.5, 0.6) is 0 Å². The highest BCUT2D eigenvalue weighted by atomic mass is 16.3. The molecular formula is C10H20NO+. The number of hydrogen-bond acceptors (Lipinski definition) is 1. The highest BCUT2D eigenvalue weighted by Gasteiger charge is 2.35. The molecule has 0 aliphatic carbocycles. The summed E-state index contributed by atoms with van der Waals surface area (Å²) in [6, 6.07) is 0. The molecule has 0 amide bonds. The number of quaternary nitrogens is 1. The average Bonchev–Trinajstić information content (AvgIpc) is 2.05. The summed E-state index contributed by atoms with van der Waals surface area (Å²) in [4.78, 5) is 0. The molecule has 2 heterocycles. The van der Waals surface area contributed by atoms with Crippen LogP contribution in [0.25, 0.3) is 0 Å². The van der Waals surface area contributed by atoms with E-state index in [9.17, 15) is 5.11 Å². The van der Waals surface area contributed by atoms with Crippen molar-refractivity contribution in [3.63, 3.8) is 0 Å². The zero-order valence-corrected chi connectivity index (χ0v) is 7.84. The Labute approximate surface area is 74.8 Å². The molecule has 2 rings (SSSR count). The van der Waals surface area contributed by atoms with Gasteiger partial charge in [-0.25, -0.2) is 0 Å². The van der Waals surface area contributed by atoms with Gasteiger partial charge in [0.15, 0.2) is 0 Å². The number of rotatable bonds is 0. The van der Waals surface area contributed by atoms with Crippen LogP contribution in [-0.4, -0.2) is 41.9 Å². The second-order valence-electron chi connectivity index (χ2n) is 4.55. The minimum absolute atomic E-state index is 0.00292. The van der Waals surface area contributed by atoms with Gasteiger partial charge in [-0.15, -0.1) is 0 Å². The van der Waals surface area contributed by atoms with E-state index in [4.69, 9.17) is 0 Å². The highest BCUT2D eigenvalue weighted by molar-refractivity contribution is 4.65. The molecule has 1 atom stereocenters. The van der Waals surface area contributed by atoms with Gasteiger partial charge in [0.2, 0.25) is 0 Å². The summed E-state index contributed by atoms with van der Waals surface area (Å²) in [5.74, 6) is 0. The zero-order valence-electron chi connectivity index (χ0n) is 7.84. The molecule has 70 valence electrons. The lowest BCUT2D eigenvalue weighted by Gasteiger charge is -2.45. The highest BCUT2D eigenvalue weighted by Crippen LogP contribution is 2.25. The normalized spacial score (nSPS) is 35.2. The van der Waals surface area contributed by atoms with Crippen molar-refractivity contribution in [3.05, 3.63) is 0 Å². The van der Waals surface area contributed by atoms with E-state index in [1.165, 1.54) is 49.8 Å². The van der Waals surface area contributed by atoms with Gasteiger partial charge in [0.25, 0.3) is 0 Å². The molecule has 1 spiro atoms. The molecule has 2 saturated heterocycles. The van der Waals surface area contributed by atoms with Crippen LogP contribution in [0.2, 0.25) is 0 Å². The van der Waals surface area contributed by atoms with Crippen LogP contribution in [0.1, 0.15) is 32.1 Å². The number of nitrogens with zero attached hydrogens (tertiary/aromatic N) is 1. The number of piperidine rings is 2. The fourth-order valence-electron chi connectivity index (χ4n) is 2.88. The molecule has 1 N–H and O–H groups in total. The molecule has 2 aliphatic rings. The van der Waals surface area contributed by atoms with E-state index in [2.05, 4.69) is 0 Å². The van der Waals surface area contributed by atoms with Crippen molar-refractivity contribution in [2.45, 2.75) is 38.2 Å². The molecule has 2 fully saturated rings. The van der Waals surface area contributed by atoms with Crippen molar-refractivity contribution in [1.29, 1.82) is 0 Å². The summed E-state index contributed by atoms with van der Waals surface area (Å²) >= 11 is 0. The van der Waals surface area contributed by atoms with Gasteiger partial charge in [0.05, 0.1) is 19.6 Å². The van der Waals surface area contributed by atoms with E-state index in [0.29, 0.717) is 0 Å². The van der Waals surface area contributed by atoms with E-state index in [1.807, 2.05) is 0 Å². The summed E-state index contributed by atoms with van der Waals surface area (Å²) in [6.07, 6.45) is 6.45. The molecule has 2 heteroatoms. The summed E-state index contributed by atoms with van der Waals surface area (Å²) in [7, 11) is 0. The van der Waals surface area contributed by atoms with Crippen molar-refractivity contribution in [2.24, 2.45) is 0 Å². The predicted octanol–water partition coefficient (Wildman–Crippen LogP) is 1.14. The van der Waals surface area contributed by atoms with Crippen molar-refractivity contribution >= 4 is 0 Å². The Kier molecular flexibility index (Phi) is 2.37. The Morgan fingerprint density at radius 2 is 1.58 bits per heavy atom. The monoisotopic (exact) mass is 170 g/mol. The molecule has 2 nitrogen and oxygen atoms in total. The van der Waals surface area contributed by atoms with Gasteiger partial charge in [-0.3, -0.25) is 0 Å². The standard InChI is InChI=1S/C10H20NO/c12-10-5-4-8-11(9-10)6-2-1-3-7-11/h10,12H,1-9H2/q+1. The maximum absolute atomic E-state index is 9.61. The van der Waals surface area contributed by atoms with Gasteiger partial charge in [0, 0.05) is 0 Å². The lowest BCUT2D eigenvalue weighted by molar-refractivity contribution is -0.939. The maximum Gasteiger partial charge on any atom is 0.105 e. The third-order valence-corrected chi connectivity index (χ3v) is 3.53. The van der Waals surface area contributed by atoms with Crippen molar-refractivity contribution in [2.75, 3.05) is 26.2 Å². The third kappa shape index (κ3) is 1.64. The van der Waals surface area contributed by atoms with Crippen LogP contribution < -0.4 is 0 Å². The Morgan fingerprint density at radius 1 is 0.917 bits per heavy atom. The van der Waals surface area contributed by atoms with E-state index in [-0.39, 0.29) is 6.10 Å². The van der Waals surface area contributed by atoms with Gasteiger partial charge in [-0.1, -0.05) is 0 Å². The fourth-order valence-corrected chi connectivity index (χ4v) is 2.88. The van der Waals surface area contributed by atoms with Gasteiger partial charge in [-0.2, -0.15) is 0 Å². The summed E-state index contributed by atoms with van der Waals surface area (Å²) in [5, 5.41) is 9.61. The number of aliphatic hydroxyl groups excluding tert-OH is 1. The van der Waals surface area contributed by atoms with Crippen LogP contribution >= 0.6 is 0 Å². The molecular weight excluding hydrogens is 150 g/mol. The minimum atomic E-state index is -0.00292. The quantitative estimate of drug-likeness (QED) is 0.541. The molecule has 12 heavy (non-hydrogen) atoms. The van der Waals surface area contributed by atoms with Crippen LogP contribution in [0.4, 0.5) is 0 Å². The molecule has 0 aromatic heterocycles. The Bertz CT molecular complexity index is 146. The zero-order chi connectivity index (χ0) is 8.44. The number of aliphatic hydroxyl groups is 1. The molecule has 1 unspecified atom stereocenters.